The fraction of sp³-hybridized carbons (Fsp3) is 0.579. The first-order valence-electron chi connectivity index (χ1n) is 9.05. The van der Waals surface area contributed by atoms with Crippen molar-refractivity contribution < 1.29 is 14.7 Å². The normalized spacial score (nSPS) is 15.4. The van der Waals surface area contributed by atoms with E-state index in [2.05, 4.69) is 22.0 Å². The highest BCUT2D eigenvalue weighted by Crippen LogP contribution is 2.25. The number of carboxylic acids is 1. The van der Waals surface area contributed by atoms with E-state index < -0.39 is 5.97 Å². The highest BCUT2D eigenvalue weighted by atomic mass is 16.4. The van der Waals surface area contributed by atoms with Crippen LogP contribution in [0.3, 0.4) is 0 Å². The number of aromatic carboxylic acids is 1. The molecule has 2 N–H and O–H groups in total. The lowest BCUT2D eigenvalue weighted by Crippen LogP contribution is -2.46. The van der Waals surface area contributed by atoms with Gasteiger partial charge >= 0.3 is 5.97 Å². The molecule has 0 unspecified atom stereocenters. The zero-order chi connectivity index (χ0) is 18.4. The summed E-state index contributed by atoms with van der Waals surface area (Å²) < 4.78 is 0. The van der Waals surface area contributed by atoms with Crippen LogP contribution < -0.4 is 10.2 Å². The number of nitrogens with one attached hydrogen (secondary N) is 1. The van der Waals surface area contributed by atoms with Gasteiger partial charge in [0.2, 0.25) is 5.91 Å². The van der Waals surface area contributed by atoms with Gasteiger partial charge in [-0.3, -0.25) is 9.69 Å². The van der Waals surface area contributed by atoms with Gasteiger partial charge in [0, 0.05) is 38.3 Å². The lowest BCUT2D eigenvalue weighted by molar-refractivity contribution is -0.116. The van der Waals surface area contributed by atoms with Crippen LogP contribution in [-0.4, -0.2) is 54.6 Å². The van der Waals surface area contributed by atoms with Gasteiger partial charge in [-0.2, -0.15) is 0 Å². The Morgan fingerprint density at radius 2 is 1.88 bits per heavy atom. The second kappa shape index (κ2) is 8.85. The standard InChI is InChI=1S/C19H29N3O3/c1-4-7-21-8-10-22(11-9-21)15-5-6-17(16(13-15)19(24)25)20-18(23)12-14(2)3/h5-6,13-14H,4,7-12H2,1-3H3,(H,20,23)(H,24,25). The van der Waals surface area contributed by atoms with Gasteiger partial charge in [0.1, 0.15) is 0 Å². The first-order valence-corrected chi connectivity index (χ1v) is 9.05. The summed E-state index contributed by atoms with van der Waals surface area (Å²) in [5.41, 5.74) is 1.41. The Morgan fingerprint density at radius 3 is 2.44 bits per heavy atom. The number of rotatable bonds is 7. The van der Waals surface area contributed by atoms with Gasteiger partial charge in [-0.05, 0) is 37.1 Å². The molecular weight excluding hydrogens is 318 g/mol. The molecule has 6 nitrogen and oxygen atoms in total. The van der Waals surface area contributed by atoms with E-state index in [1.807, 2.05) is 19.9 Å². The van der Waals surface area contributed by atoms with Gasteiger partial charge in [-0.25, -0.2) is 4.79 Å². The summed E-state index contributed by atoms with van der Waals surface area (Å²) in [6, 6.07) is 5.27. The van der Waals surface area contributed by atoms with Gasteiger partial charge in [-0.15, -0.1) is 0 Å². The number of carboxylic acid groups (broad SMARTS) is 1. The Balaban J connectivity index is 2.10. The Bertz CT molecular complexity index is 608. The van der Waals surface area contributed by atoms with E-state index in [1.165, 1.54) is 0 Å². The van der Waals surface area contributed by atoms with Crippen LogP contribution in [0.1, 0.15) is 44.0 Å². The van der Waals surface area contributed by atoms with E-state index in [9.17, 15) is 14.7 Å². The Labute approximate surface area is 149 Å². The predicted octanol–water partition coefficient (Wildman–Crippen LogP) is 2.90. The molecule has 0 aromatic heterocycles. The molecule has 0 atom stereocenters. The third-order valence-electron chi connectivity index (χ3n) is 4.38. The number of piperazine rings is 1. The highest BCUT2D eigenvalue weighted by Gasteiger charge is 2.20. The van der Waals surface area contributed by atoms with Crippen molar-refractivity contribution in [3.8, 4) is 0 Å². The van der Waals surface area contributed by atoms with E-state index >= 15 is 0 Å². The number of carbonyl (C=O) groups is 2. The van der Waals surface area contributed by atoms with Crippen LogP contribution in [0.25, 0.3) is 0 Å². The van der Waals surface area contributed by atoms with Crippen molar-refractivity contribution in [1.82, 2.24) is 4.90 Å². The third-order valence-corrected chi connectivity index (χ3v) is 4.38. The van der Waals surface area contributed by atoms with Crippen molar-refractivity contribution in [1.29, 1.82) is 0 Å². The molecule has 2 rings (SSSR count). The average Bonchev–Trinajstić information content (AvgIpc) is 2.55. The largest absolute Gasteiger partial charge is 0.478 e. The van der Waals surface area contributed by atoms with E-state index in [4.69, 9.17) is 0 Å². The quantitative estimate of drug-likeness (QED) is 0.793. The zero-order valence-electron chi connectivity index (χ0n) is 15.4. The number of anilines is 2. The van der Waals surface area contributed by atoms with E-state index in [0.29, 0.717) is 12.1 Å². The van der Waals surface area contributed by atoms with Crippen molar-refractivity contribution in [3.63, 3.8) is 0 Å². The lowest BCUT2D eigenvalue weighted by atomic mass is 10.1. The Hall–Kier alpha value is -2.08. The van der Waals surface area contributed by atoms with Gasteiger partial charge in [-0.1, -0.05) is 20.8 Å². The van der Waals surface area contributed by atoms with Crippen LogP contribution in [0.4, 0.5) is 11.4 Å². The minimum Gasteiger partial charge on any atom is -0.478 e. The van der Waals surface area contributed by atoms with Crippen LogP contribution in [0.5, 0.6) is 0 Å². The molecule has 1 aromatic carbocycles. The Kier molecular flexibility index (Phi) is 6.82. The molecule has 25 heavy (non-hydrogen) atoms. The summed E-state index contributed by atoms with van der Waals surface area (Å²) in [5.74, 6) is -0.947. The van der Waals surface area contributed by atoms with Crippen molar-refractivity contribution in [2.75, 3.05) is 42.9 Å². The molecule has 1 heterocycles. The molecular formula is C19H29N3O3. The molecule has 6 heteroatoms. The van der Waals surface area contributed by atoms with Crippen molar-refractivity contribution in [2.45, 2.75) is 33.6 Å². The number of hydrogen-bond donors (Lipinski definition) is 2. The fourth-order valence-electron chi connectivity index (χ4n) is 3.13. The summed E-state index contributed by atoms with van der Waals surface area (Å²) in [6.07, 6.45) is 1.52. The maximum absolute atomic E-state index is 12.0. The average molecular weight is 347 g/mol. The maximum Gasteiger partial charge on any atom is 0.337 e. The summed E-state index contributed by atoms with van der Waals surface area (Å²) in [6.45, 7) is 11.0. The topological polar surface area (TPSA) is 72.9 Å². The number of nitrogens with zero attached hydrogens (tertiary/aromatic N) is 2. The van der Waals surface area contributed by atoms with Gasteiger partial charge in [0.25, 0.3) is 0 Å². The lowest BCUT2D eigenvalue weighted by Gasteiger charge is -2.36. The maximum atomic E-state index is 12.0. The second-order valence-corrected chi connectivity index (χ2v) is 7.01. The molecule has 1 aliphatic rings. The van der Waals surface area contributed by atoms with Crippen LogP contribution in [0, 0.1) is 5.92 Å². The van der Waals surface area contributed by atoms with Gasteiger partial charge in [0.15, 0.2) is 0 Å². The third kappa shape index (κ3) is 5.46. The van der Waals surface area contributed by atoms with Gasteiger partial charge < -0.3 is 15.3 Å². The fourth-order valence-corrected chi connectivity index (χ4v) is 3.13. The molecule has 1 saturated heterocycles. The summed E-state index contributed by atoms with van der Waals surface area (Å²) >= 11 is 0. The van der Waals surface area contributed by atoms with E-state index in [-0.39, 0.29) is 17.4 Å². The molecule has 0 saturated carbocycles. The van der Waals surface area contributed by atoms with Crippen LogP contribution in [0.2, 0.25) is 0 Å². The minimum absolute atomic E-state index is 0.144. The Morgan fingerprint density at radius 1 is 1.20 bits per heavy atom. The number of amides is 1. The molecule has 0 aliphatic carbocycles. The molecule has 1 aliphatic heterocycles. The summed E-state index contributed by atoms with van der Waals surface area (Å²) in [4.78, 5) is 28.2. The first-order chi connectivity index (χ1) is 11.9. The molecule has 138 valence electrons. The predicted molar refractivity (Wildman–Crippen MR) is 100 cm³/mol. The SMILES string of the molecule is CCCN1CCN(c2ccc(NC(=O)CC(C)C)c(C(=O)O)c2)CC1. The molecule has 1 aromatic rings. The van der Waals surface area contributed by atoms with E-state index in [1.54, 1.807) is 12.1 Å². The molecule has 0 bridgehead atoms. The van der Waals surface area contributed by atoms with Crippen molar-refractivity contribution in [3.05, 3.63) is 23.8 Å². The monoisotopic (exact) mass is 347 g/mol. The van der Waals surface area contributed by atoms with Crippen LogP contribution in [0.15, 0.2) is 18.2 Å². The number of hydrogen-bond acceptors (Lipinski definition) is 4. The smallest absolute Gasteiger partial charge is 0.337 e. The van der Waals surface area contributed by atoms with E-state index in [0.717, 1.165) is 44.8 Å². The first kappa shape index (κ1) is 19.2. The highest BCUT2D eigenvalue weighted by molar-refractivity contribution is 6.01. The minimum atomic E-state index is -1.02. The van der Waals surface area contributed by atoms with Crippen LogP contribution >= 0.6 is 0 Å². The van der Waals surface area contributed by atoms with Crippen molar-refractivity contribution >= 4 is 23.3 Å². The molecule has 0 spiro atoms. The number of carbonyl (C=O) groups excluding carboxylic acids is 1. The number of benzene rings is 1. The molecule has 1 amide bonds. The second-order valence-electron chi connectivity index (χ2n) is 7.01. The molecule has 1 fully saturated rings. The summed E-state index contributed by atoms with van der Waals surface area (Å²) in [5, 5.41) is 12.2. The van der Waals surface area contributed by atoms with Crippen LogP contribution in [-0.2, 0) is 4.79 Å². The van der Waals surface area contributed by atoms with Crippen molar-refractivity contribution in [2.24, 2.45) is 5.92 Å². The molecule has 0 radical (unpaired) electrons. The van der Waals surface area contributed by atoms with Gasteiger partial charge in [0.05, 0.1) is 11.3 Å². The zero-order valence-corrected chi connectivity index (χ0v) is 15.4. The summed E-state index contributed by atoms with van der Waals surface area (Å²) in [7, 11) is 0.